The van der Waals surface area contributed by atoms with E-state index in [0.717, 1.165) is 0 Å². The molecule has 1 aliphatic heterocycles. The number of carbonyl (C=O) groups is 2. The monoisotopic (exact) mass is 451 g/mol. The molecule has 0 spiro atoms. The van der Waals surface area contributed by atoms with Crippen molar-refractivity contribution in [3.8, 4) is 0 Å². The minimum absolute atomic E-state index is 0.0418. The number of amidine groups is 1. The van der Waals surface area contributed by atoms with E-state index in [9.17, 15) is 14.0 Å². The Morgan fingerprint density at radius 1 is 1.24 bits per heavy atom. The van der Waals surface area contributed by atoms with Gasteiger partial charge in [0.1, 0.15) is 11.1 Å². The van der Waals surface area contributed by atoms with Crippen LogP contribution in [0.2, 0.25) is 10.0 Å². The number of rotatable bonds is 6. The fourth-order valence-electron chi connectivity index (χ4n) is 2.60. The van der Waals surface area contributed by atoms with Crippen molar-refractivity contribution >= 4 is 63.3 Å². The molecule has 0 aliphatic carbocycles. The quantitative estimate of drug-likeness (QED) is 0.607. The molecule has 150 valence electrons. The molecule has 1 heterocycles. The van der Waals surface area contributed by atoms with Crippen LogP contribution in [0.5, 0.6) is 0 Å². The zero-order valence-corrected chi connectivity index (χ0v) is 17.4. The molecule has 1 saturated heterocycles. The molecule has 0 aromatic heterocycles. The lowest BCUT2D eigenvalue weighted by molar-refractivity contribution is -0.127. The smallest absolute Gasteiger partial charge is 0.242 e. The largest absolute Gasteiger partial charge is 0.326 e. The number of thioether (sulfide) groups is 1. The molecule has 0 radical (unpaired) electrons. The maximum absolute atomic E-state index is 13.1. The van der Waals surface area contributed by atoms with Gasteiger partial charge in [0.15, 0.2) is 5.17 Å². The highest BCUT2D eigenvalue weighted by Crippen LogP contribution is 2.32. The molecule has 1 aliphatic rings. The second-order valence-electron chi connectivity index (χ2n) is 6.10. The summed E-state index contributed by atoms with van der Waals surface area (Å²) in [6.07, 6.45) is 1.54. The number of hydrogen-bond donors (Lipinski definition) is 1. The summed E-state index contributed by atoms with van der Waals surface area (Å²) in [5.74, 6) is -0.945. The topological polar surface area (TPSA) is 61.8 Å². The molecular weight excluding hydrogens is 436 g/mol. The third-order valence-electron chi connectivity index (χ3n) is 3.96. The molecule has 1 fully saturated rings. The standard InChI is InChI=1S/C20H16Cl2FN3O2S/c1-2-9-26-19(28)17(29-20(26)25-13-5-3-12(23)4-6-13)11-18(27)24-14-7-8-15(21)16(22)10-14/h2-8,10,17H,1,9,11H2,(H,24,27)/t17-/m1/s1. The molecule has 3 rings (SSSR count). The molecular formula is C20H16Cl2FN3O2S. The van der Waals surface area contributed by atoms with Crippen molar-refractivity contribution in [3.63, 3.8) is 0 Å². The lowest BCUT2D eigenvalue weighted by atomic mass is 10.2. The van der Waals surface area contributed by atoms with Gasteiger partial charge >= 0.3 is 0 Å². The molecule has 9 heteroatoms. The Morgan fingerprint density at radius 3 is 2.62 bits per heavy atom. The first-order valence-electron chi connectivity index (χ1n) is 8.55. The van der Waals surface area contributed by atoms with Crippen molar-refractivity contribution in [2.75, 3.05) is 11.9 Å². The summed E-state index contributed by atoms with van der Waals surface area (Å²) in [6, 6.07) is 10.4. The van der Waals surface area contributed by atoms with Crippen LogP contribution in [-0.2, 0) is 9.59 Å². The Hall–Kier alpha value is -2.35. The van der Waals surface area contributed by atoms with Crippen molar-refractivity contribution in [2.45, 2.75) is 11.7 Å². The molecule has 2 amide bonds. The number of carbonyl (C=O) groups excluding carboxylic acids is 2. The van der Waals surface area contributed by atoms with Gasteiger partial charge in [0.2, 0.25) is 11.8 Å². The maximum Gasteiger partial charge on any atom is 0.242 e. The number of aliphatic imine (C=N–C) groups is 1. The summed E-state index contributed by atoms with van der Waals surface area (Å²) in [7, 11) is 0. The van der Waals surface area contributed by atoms with E-state index >= 15 is 0 Å². The second-order valence-corrected chi connectivity index (χ2v) is 8.08. The van der Waals surface area contributed by atoms with E-state index in [1.807, 2.05) is 0 Å². The van der Waals surface area contributed by atoms with Crippen LogP contribution in [0, 0.1) is 5.82 Å². The number of halogens is 3. The fraction of sp³-hybridized carbons (Fsp3) is 0.150. The zero-order valence-electron chi connectivity index (χ0n) is 15.1. The van der Waals surface area contributed by atoms with E-state index in [-0.39, 0.29) is 30.6 Å². The zero-order chi connectivity index (χ0) is 21.0. The number of benzene rings is 2. The highest BCUT2D eigenvalue weighted by Gasteiger charge is 2.38. The Bertz CT molecular complexity index is 982. The molecule has 2 aromatic rings. The van der Waals surface area contributed by atoms with Crippen LogP contribution in [0.4, 0.5) is 15.8 Å². The van der Waals surface area contributed by atoms with E-state index in [4.69, 9.17) is 23.2 Å². The first-order chi connectivity index (χ1) is 13.9. The Kier molecular flexibility index (Phi) is 6.95. The Morgan fingerprint density at radius 2 is 1.97 bits per heavy atom. The predicted molar refractivity (Wildman–Crippen MR) is 116 cm³/mol. The van der Waals surface area contributed by atoms with Crippen molar-refractivity contribution in [1.29, 1.82) is 0 Å². The summed E-state index contributed by atoms with van der Waals surface area (Å²) in [4.78, 5) is 31.0. The Labute approximate surface area is 181 Å². The minimum Gasteiger partial charge on any atom is -0.326 e. The number of nitrogens with one attached hydrogen (secondary N) is 1. The van der Waals surface area contributed by atoms with Crippen LogP contribution in [0.1, 0.15) is 6.42 Å². The molecule has 29 heavy (non-hydrogen) atoms. The lowest BCUT2D eigenvalue weighted by Gasteiger charge is -2.13. The third-order valence-corrected chi connectivity index (χ3v) is 5.87. The molecule has 0 unspecified atom stereocenters. The van der Waals surface area contributed by atoms with Gasteiger partial charge in [0.05, 0.1) is 15.7 Å². The molecule has 2 aromatic carbocycles. The lowest BCUT2D eigenvalue weighted by Crippen LogP contribution is -2.33. The van der Waals surface area contributed by atoms with Gasteiger partial charge < -0.3 is 5.32 Å². The van der Waals surface area contributed by atoms with Crippen molar-refractivity contribution in [1.82, 2.24) is 4.90 Å². The number of hydrogen-bond acceptors (Lipinski definition) is 4. The molecule has 0 saturated carbocycles. The van der Waals surface area contributed by atoms with E-state index in [0.29, 0.717) is 26.6 Å². The normalized spacial score (nSPS) is 17.6. The summed E-state index contributed by atoms with van der Waals surface area (Å²) < 4.78 is 13.1. The average molecular weight is 452 g/mol. The molecule has 0 bridgehead atoms. The summed E-state index contributed by atoms with van der Waals surface area (Å²) >= 11 is 13.0. The molecule has 1 N–H and O–H groups in total. The number of amides is 2. The van der Waals surface area contributed by atoms with E-state index in [2.05, 4.69) is 16.9 Å². The maximum atomic E-state index is 13.1. The Balaban J connectivity index is 1.72. The van der Waals surface area contributed by atoms with Gasteiger partial charge in [-0.05, 0) is 42.5 Å². The average Bonchev–Trinajstić information content (AvgIpc) is 2.95. The predicted octanol–water partition coefficient (Wildman–Crippen LogP) is 5.28. The van der Waals surface area contributed by atoms with E-state index < -0.39 is 5.25 Å². The van der Waals surface area contributed by atoms with E-state index in [1.165, 1.54) is 47.0 Å². The summed E-state index contributed by atoms with van der Waals surface area (Å²) in [5, 5.41) is 3.22. The third kappa shape index (κ3) is 5.38. The first-order valence-corrected chi connectivity index (χ1v) is 10.2. The highest BCUT2D eigenvalue weighted by atomic mass is 35.5. The molecule has 1 atom stereocenters. The van der Waals surface area contributed by atoms with Crippen molar-refractivity contribution in [2.24, 2.45) is 4.99 Å². The minimum atomic E-state index is -0.628. The van der Waals surface area contributed by atoms with Crippen molar-refractivity contribution < 1.29 is 14.0 Å². The van der Waals surface area contributed by atoms with Gasteiger partial charge in [-0.25, -0.2) is 9.38 Å². The van der Waals surface area contributed by atoms with Crippen LogP contribution in [0.25, 0.3) is 0 Å². The number of nitrogens with zero attached hydrogens (tertiary/aromatic N) is 2. The van der Waals surface area contributed by atoms with Crippen LogP contribution >= 0.6 is 35.0 Å². The van der Waals surface area contributed by atoms with Gasteiger partial charge in [0.25, 0.3) is 0 Å². The second kappa shape index (κ2) is 9.43. The van der Waals surface area contributed by atoms with Crippen LogP contribution < -0.4 is 5.32 Å². The highest BCUT2D eigenvalue weighted by molar-refractivity contribution is 8.15. The van der Waals surface area contributed by atoms with Gasteiger partial charge in [-0.3, -0.25) is 14.5 Å². The SMILES string of the molecule is C=CCN1C(=O)[C@@H](CC(=O)Nc2ccc(Cl)c(Cl)c2)SC1=Nc1ccc(F)cc1. The fourth-order valence-corrected chi connectivity index (χ4v) is 4.07. The van der Waals surface area contributed by atoms with Crippen LogP contribution in [0.15, 0.2) is 60.1 Å². The summed E-state index contributed by atoms with van der Waals surface area (Å²) in [6.45, 7) is 3.92. The number of anilines is 1. The van der Waals surface area contributed by atoms with Crippen LogP contribution in [-0.4, -0.2) is 33.7 Å². The van der Waals surface area contributed by atoms with Gasteiger partial charge in [-0.15, -0.1) is 6.58 Å². The van der Waals surface area contributed by atoms with Gasteiger partial charge in [-0.1, -0.05) is 41.0 Å². The van der Waals surface area contributed by atoms with Crippen LogP contribution in [0.3, 0.4) is 0 Å². The summed E-state index contributed by atoms with van der Waals surface area (Å²) in [5.41, 5.74) is 1.000. The van der Waals surface area contributed by atoms with Gasteiger partial charge in [-0.2, -0.15) is 0 Å². The van der Waals surface area contributed by atoms with Crippen molar-refractivity contribution in [3.05, 3.63) is 71.0 Å². The first kappa shape index (κ1) is 21.4. The molecule has 5 nitrogen and oxygen atoms in total. The van der Waals surface area contributed by atoms with E-state index in [1.54, 1.807) is 18.2 Å². The van der Waals surface area contributed by atoms with Gasteiger partial charge in [0, 0.05) is 18.7 Å².